The van der Waals surface area contributed by atoms with E-state index in [0.29, 0.717) is 17.4 Å². The third kappa shape index (κ3) is 3.01. The molecule has 26 heavy (non-hydrogen) atoms. The smallest absolute Gasteiger partial charge is 0.243 e. The first-order valence-electron chi connectivity index (χ1n) is 8.21. The molecule has 0 unspecified atom stereocenters. The Labute approximate surface area is 159 Å². The Morgan fingerprint density at radius 1 is 1.08 bits per heavy atom. The molecule has 2 heterocycles. The van der Waals surface area contributed by atoms with E-state index in [9.17, 15) is 0 Å². The van der Waals surface area contributed by atoms with E-state index in [0.717, 1.165) is 16.5 Å². The van der Waals surface area contributed by atoms with Crippen LogP contribution in [0.5, 0.6) is 11.5 Å². The van der Waals surface area contributed by atoms with E-state index in [-0.39, 0.29) is 12.1 Å². The van der Waals surface area contributed by atoms with Crippen molar-refractivity contribution in [1.82, 2.24) is 20.2 Å². The van der Waals surface area contributed by atoms with E-state index in [2.05, 4.69) is 48.9 Å². The van der Waals surface area contributed by atoms with E-state index in [4.69, 9.17) is 9.47 Å². The van der Waals surface area contributed by atoms with Gasteiger partial charge in [0.2, 0.25) is 5.95 Å². The number of methoxy groups -OCH3 is 2. The first-order valence-corrected chi connectivity index (χ1v) is 9.00. The molecule has 134 valence electrons. The van der Waals surface area contributed by atoms with Crippen LogP contribution >= 0.6 is 15.9 Å². The second kappa shape index (κ2) is 6.95. The van der Waals surface area contributed by atoms with Crippen molar-refractivity contribution in [3.05, 3.63) is 58.1 Å². The molecule has 3 aromatic rings. The Hall–Kier alpha value is -2.61. The average molecular weight is 416 g/mol. The topological polar surface area (TPSA) is 74.1 Å². The molecule has 2 atom stereocenters. The number of aromatic nitrogens is 4. The number of hydrogen-bond acceptors (Lipinski definition) is 6. The zero-order valence-electron chi connectivity index (χ0n) is 14.4. The SMILES string of the molecule is COc1ccc([C@@H]2C[C@@H](c3cccc(Br)c3)Nc3nnnn32)cc1OC. The zero-order chi connectivity index (χ0) is 18.1. The van der Waals surface area contributed by atoms with Crippen LogP contribution in [0, 0.1) is 0 Å². The summed E-state index contributed by atoms with van der Waals surface area (Å²) >= 11 is 3.54. The summed E-state index contributed by atoms with van der Waals surface area (Å²) in [5.74, 6) is 2.05. The molecule has 2 aromatic carbocycles. The highest BCUT2D eigenvalue weighted by atomic mass is 79.9. The van der Waals surface area contributed by atoms with Gasteiger partial charge in [0.25, 0.3) is 0 Å². The molecule has 0 saturated carbocycles. The van der Waals surface area contributed by atoms with E-state index >= 15 is 0 Å². The summed E-state index contributed by atoms with van der Waals surface area (Å²) in [7, 11) is 3.27. The molecule has 1 aliphatic heterocycles. The van der Waals surface area contributed by atoms with Crippen LogP contribution in [0.1, 0.15) is 29.6 Å². The van der Waals surface area contributed by atoms with Gasteiger partial charge in [0, 0.05) is 4.47 Å². The van der Waals surface area contributed by atoms with Crippen LogP contribution in [0.3, 0.4) is 0 Å². The lowest BCUT2D eigenvalue weighted by molar-refractivity contribution is 0.352. The van der Waals surface area contributed by atoms with Crippen LogP contribution in [0.15, 0.2) is 46.9 Å². The Kier molecular flexibility index (Phi) is 4.50. The molecule has 8 heteroatoms. The van der Waals surface area contributed by atoms with E-state index < -0.39 is 0 Å². The monoisotopic (exact) mass is 415 g/mol. The number of hydrogen-bond donors (Lipinski definition) is 1. The number of halogens is 1. The second-order valence-corrected chi connectivity index (χ2v) is 6.98. The van der Waals surface area contributed by atoms with Crippen molar-refractivity contribution >= 4 is 21.9 Å². The van der Waals surface area contributed by atoms with Crippen molar-refractivity contribution in [3.63, 3.8) is 0 Å². The molecule has 1 aliphatic rings. The molecule has 0 radical (unpaired) electrons. The van der Waals surface area contributed by atoms with E-state index in [1.165, 1.54) is 5.56 Å². The molecule has 1 aromatic heterocycles. The van der Waals surface area contributed by atoms with Gasteiger partial charge < -0.3 is 14.8 Å². The summed E-state index contributed by atoms with van der Waals surface area (Å²) in [5.41, 5.74) is 2.25. The lowest BCUT2D eigenvalue weighted by Crippen LogP contribution is -2.28. The predicted molar refractivity (Wildman–Crippen MR) is 101 cm³/mol. The minimum Gasteiger partial charge on any atom is -0.493 e. The number of anilines is 1. The van der Waals surface area contributed by atoms with Crippen molar-refractivity contribution in [2.24, 2.45) is 0 Å². The molecule has 0 amide bonds. The molecule has 0 saturated heterocycles. The first-order chi connectivity index (χ1) is 12.7. The highest BCUT2D eigenvalue weighted by molar-refractivity contribution is 9.10. The van der Waals surface area contributed by atoms with Gasteiger partial charge in [-0.15, -0.1) is 0 Å². The van der Waals surface area contributed by atoms with Gasteiger partial charge in [-0.1, -0.05) is 39.2 Å². The second-order valence-electron chi connectivity index (χ2n) is 6.06. The van der Waals surface area contributed by atoms with Crippen LogP contribution in [0.2, 0.25) is 0 Å². The number of nitrogens with zero attached hydrogens (tertiary/aromatic N) is 4. The Bertz CT molecular complexity index is 929. The summed E-state index contributed by atoms with van der Waals surface area (Å²) in [6, 6.07) is 14.3. The molecule has 0 bridgehead atoms. The third-order valence-electron chi connectivity index (χ3n) is 4.59. The lowest BCUT2D eigenvalue weighted by atomic mass is 9.93. The minimum atomic E-state index is -0.00922. The number of tetrazole rings is 1. The summed E-state index contributed by atoms with van der Waals surface area (Å²) in [6.07, 6.45) is 0.810. The third-order valence-corrected chi connectivity index (χ3v) is 5.09. The Balaban J connectivity index is 1.74. The number of rotatable bonds is 4. The summed E-state index contributed by atoms with van der Waals surface area (Å²) < 4.78 is 13.7. The Morgan fingerprint density at radius 3 is 2.69 bits per heavy atom. The molecule has 4 rings (SSSR count). The molecule has 0 aliphatic carbocycles. The van der Waals surface area contributed by atoms with Crippen molar-refractivity contribution in [3.8, 4) is 11.5 Å². The van der Waals surface area contributed by atoms with Crippen molar-refractivity contribution in [1.29, 1.82) is 0 Å². The molecule has 1 N–H and O–H groups in total. The Morgan fingerprint density at radius 2 is 1.92 bits per heavy atom. The van der Waals surface area contributed by atoms with Gasteiger partial charge in [-0.25, -0.2) is 4.68 Å². The predicted octanol–water partition coefficient (Wildman–Crippen LogP) is 3.60. The minimum absolute atomic E-state index is 0.00922. The van der Waals surface area contributed by atoms with E-state index in [1.54, 1.807) is 14.2 Å². The normalized spacial score (nSPS) is 18.7. The van der Waals surface area contributed by atoms with Crippen molar-refractivity contribution in [2.45, 2.75) is 18.5 Å². The van der Waals surface area contributed by atoms with Crippen molar-refractivity contribution in [2.75, 3.05) is 19.5 Å². The standard InChI is InChI=1S/C18H18BrN5O2/c1-25-16-7-6-12(9-17(16)26-2)15-10-14(11-4-3-5-13(19)8-11)20-18-21-22-23-24(15)18/h3-9,14-15H,10H2,1-2H3,(H,20,21,23)/t14-,15-/m0/s1. The van der Waals surface area contributed by atoms with E-state index in [1.807, 2.05) is 35.0 Å². The fraction of sp³-hybridized carbons (Fsp3) is 0.278. The first kappa shape index (κ1) is 16.8. The molecular weight excluding hydrogens is 398 g/mol. The largest absolute Gasteiger partial charge is 0.493 e. The number of nitrogens with one attached hydrogen (secondary N) is 1. The number of ether oxygens (including phenoxy) is 2. The highest BCUT2D eigenvalue weighted by Gasteiger charge is 2.31. The number of fused-ring (bicyclic) bond motifs is 1. The molecular formula is C18H18BrN5O2. The van der Waals surface area contributed by atoms with Gasteiger partial charge in [0.05, 0.1) is 26.3 Å². The quantitative estimate of drug-likeness (QED) is 0.701. The maximum absolute atomic E-state index is 5.46. The van der Waals surface area contributed by atoms with Gasteiger partial charge in [0.1, 0.15) is 0 Å². The maximum atomic E-state index is 5.46. The van der Waals surface area contributed by atoms with Gasteiger partial charge in [-0.2, -0.15) is 0 Å². The van der Waals surface area contributed by atoms with Gasteiger partial charge >= 0.3 is 0 Å². The molecule has 0 spiro atoms. The van der Waals surface area contributed by atoms with Gasteiger partial charge in [0.15, 0.2) is 11.5 Å². The van der Waals surface area contributed by atoms with Crippen LogP contribution in [-0.4, -0.2) is 34.4 Å². The molecule has 7 nitrogen and oxygen atoms in total. The fourth-order valence-corrected chi connectivity index (χ4v) is 3.73. The summed E-state index contributed by atoms with van der Waals surface area (Å²) in [5, 5.41) is 15.6. The summed E-state index contributed by atoms with van der Waals surface area (Å²) in [6.45, 7) is 0. The van der Waals surface area contributed by atoms with Crippen LogP contribution in [0.25, 0.3) is 0 Å². The number of benzene rings is 2. The van der Waals surface area contributed by atoms with Crippen LogP contribution in [-0.2, 0) is 0 Å². The lowest BCUT2D eigenvalue weighted by Gasteiger charge is -2.31. The van der Waals surface area contributed by atoms with Crippen molar-refractivity contribution < 1.29 is 9.47 Å². The van der Waals surface area contributed by atoms with Crippen LogP contribution in [0.4, 0.5) is 5.95 Å². The van der Waals surface area contributed by atoms with Gasteiger partial charge in [-0.05, 0) is 52.2 Å². The average Bonchev–Trinajstić information content (AvgIpc) is 3.15. The summed E-state index contributed by atoms with van der Waals surface area (Å²) in [4.78, 5) is 0. The highest BCUT2D eigenvalue weighted by Crippen LogP contribution is 2.39. The van der Waals surface area contributed by atoms with Gasteiger partial charge in [-0.3, -0.25) is 0 Å². The maximum Gasteiger partial charge on any atom is 0.243 e. The molecule has 0 fully saturated rings. The fourth-order valence-electron chi connectivity index (χ4n) is 3.32. The zero-order valence-corrected chi connectivity index (χ0v) is 16.0. The van der Waals surface area contributed by atoms with Crippen LogP contribution < -0.4 is 14.8 Å².